The summed E-state index contributed by atoms with van der Waals surface area (Å²) in [5.41, 5.74) is -0.343. The minimum absolute atomic E-state index is 0.192. The number of hydrogen-bond acceptors (Lipinski definition) is 5. The van der Waals surface area contributed by atoms with E-state index in [1.54, 1.807) is 12.1 Å². The number of rotatable bonds is 7. The van der Waals surface area contributed by atoms with E-state index in [1.807, 2.05) is 44.4 Å². The Labute approximate surface area is 151 Å². The Bertz CT molecular complexity index is 693. The molecule has 0 spiro atoms. The molecule has 0 saturated heterocycles. The zero-order chi connectivity index (χ0) is 17.7. The quantitative estimate of drug-likeness (QED) is 0.685. The molecule has 0 amide bonds. The molecular weight excluding hydrogens is 346 g/mol. The van der Waals surface area contributed by atoms with Crippen LogP contribution in [-0.4, -0.2) is 26.3 Å². The maximum absolute atomic E-state index is 12.1. The Morgan fingerprint density at radius 3 is 2.50 bits per heavy atom. The molecule has 0 saturated carbocycles. The van der Waals surface area contributed by atoms with Crippen molar-refractivity contribution in [3.05, 3.63) is 35.1 Å². The van der Waals surface area contributed by atoms with E-state index in [1.165, 1.54) is 11.8 Å². The average molecular weight is 368 g/mol. The minimum Gasteiger partial charge on any atom is -0.486 e. The fourth-order valence-corrected chi connectivity index (χ4v) is 3.18. The van der Waals surface area contributed by atoms with Gasteiger partial charge in [0.05, 0.1) is 5.75 Å². The number of ether oxygens (including phenoxy) is 1. The van der Waals surface area contributed by atoms with Crippen LogP contribution < -0.4 is 4.74 Å². The van der Waals surface area contributed by atoms with Crippen LogP contribution >= 0.6 is 23.4 Å². The van der Waals surface area contributed by atoms with Crippen molar-refractivity contribution in [3.8, 4) is 5.75 Å². The van der Waals surface area contributed by atoms with Crippen LogP contribution in [0.2, 0.25) is 5.02 Å². The fraction of sp³-hybridized carbons (Fsp3) is 0.471. The third-order valence-electron chi connectivity index (χ3n) is 3.46. The molecule has 130 valence electrons. The Hall–Kier alpha value is -1.53. The number of Topliss-reactive ketones (excluding diaryl/α,β-unsaturated/α-hetero) is 1. The summed E-state index contributed by atoms with van der Waals surface area (Å²) in [6.45, 7) is 8.82. The third-order valence-corrected chi connectivity index (χ3v) is 4.68. The number of hydrogen-bond donors (Lipinski definition) is 0. The van der Waals surface area contributed by atoms with Crippen molar-refractivity contribution in [1.82, 2.24) is 14.8 Å². The number of nitrogens with zero attached hydrogens (tertiary/aromatic N) is 3. The summed E-state index contributed by atoms with van der Waals surface area (Å²) < 4.78 is 7.69. The van der Waals surface area contributed by atoms with Gasteiger partial charge < -0.3 is 9.30 Å². The first kappa shape index (κ1) is 18.8. The second-order valence-electron chi connectivity index (χ2n) is 6.35. The van der Waals surface area contributed by atoms with Crippen LogP contribution in [0.4, 0.5) is 0 Å². The lowest BCUT2D eigenvalue weighted by atomic mass is 9.92. The van der Waals surface area contributed by atoms with Crippen molar-refractivity contribution in [2.45, 2.75) is 46.0 Å². The molecule has 0 aliphatic carbocycles. The highest BCUT2D eigenvalue weighted by molar-refractivity contribution is 7.99. The van der Waals surface area contributed by atoms with Gasteiger partial charge in [0.25, 0.3) is 0 Å². The van der Waals surface area contributed by atoms with Crippen LogP contribution in [0.25, 0.3) is 0 Å². The van der Waals surface area contributed by atoms with E-state index in [-0.39, 0.29) is 11.2 Å². The summed E-state index contributed by atoms with van der Waals surface area (Å²) in [4.78, 5) is 12.1. The van der Waals surface area contributed by atoms with Crippen molar-refractivity contribution in [3.63, 3.8) is 0 Å². The SMILES string of the molecule is CCn1c(COc2ccc(Cl)cc2)nnc1SCC(=O)C(C)(C)C. The van der Waals surface area contributed by atoms with Gasteiger partial charge in [-0.15, -0.1) is 10.2 Å². The van der Waals surface area contributed by atoms with Crippen LogP contribution in [-0.2, 0) is 17.9 Å². The highest BCUT2D eigenvalue weighted by Crippen LogP contribution is 2.23. The molecule has 0 bridgehead atoms. The van der Waals surface area contributed by atoms with Gasteiger partial charge in [0.2, 0.25) is 0 Å². The Morgan fingerprint density at radius 1 is 1.25 bits per heavy atom. The first-order valence-electron chi connectivity index (χ1n) is 7.77. The van der Waals surface area contributed by atoms with E-state index < -0.39 is 0 Å². The van der Waals surface area contributed by atoms with E-state index in [2.05, 4.69) is 10.2 Å². The van der Waals surface area contributed by atoms with E-state index >= 15 is 0 Å². The van der Waals surface area contributed by atoms with E-state index in [9.17, 15) is 4.79 Å². The van der Waals surface area contributed by atoms with E-state index in [0.29, 0.717) is 17.4 Å². The lowest BCUT2D eigenvalue weighted by Crippen LogP contribution is -2.22. The van der Waals surface area contributed by atoms with Gasteiger partial charge in [-0.3, -0.25) is 4.79 Å². The van der Waals surface area contributed by atoms with Crippen molar-refractivity contribution < 1.29 is 9.53 Å². The molecule has 1 heterocycles. The summed E-state index contributed by atoms with van der Waals surface area (Å²) in [5, 5.41) is 9.79. The molecule has 0 atom stereocenters. The predicted molar refractivity (Wildman–Crippen MR) is 96.7 cm³/mol. The number of aromatic nitrogens is 3. The summed E-state index contributed by atoms with van der Waals surface area (Å²) in [7, 11) is 0. The Morgan fingerprint density at radius 2 is 1.92 bits per heavy atom. The van der Waals surface area contributed by atoms with Gasteiger partial charge >= 0.3 is 0 Å². The highest BCUT2D eigenvalue weighted by atomic mass is 35.5. The number of thioether (sulfide) groups is 1. The van der Waals surface area contributed by atoms with Crippen molar-refractivity contribution in [2.75, 3.05) is 5.75 Å². The standard InChI is InChI=1S/C17H22ClN3O2S/c1-5-21-15(10-23-13-8-6-12(18)7-9-13)19-20-16(21)24-11-14(22)17(2,3)4/h6-9H,5,10-11H2,1-4H3. The van der Waals surface area contributed by atoms with Crippen LogP contribution in [0.5, 0.6) is 5.75 Å². The molecule has 0 radical (unpaired) electrons. The highest BCUT2D eigenvalue weighted by Gasteiger charge is 2.22. The van der Waals surface area contributed by atoms with Crippen molar-refractivity contribution in [1.29, 1.82) is 0 Å². The molecule has 24 heavy (non-hydrogen) atoms. The van der Waals surface area contributed by atoms with Gasteiger partial charge in [-0.1, -0.05) is 44.1 Å². The van der Waals surface area contributed by atoms with Crippen LogP contribution in [0.3, 0.4) is 0 Å². The van der Waals surface area contributed by atoms with Gasteiger partial charge in [0, 0.05) is 17.0 Å². The van der Waals surface area contributed by atoms with Crippen LogP contribution in [0.1, 0.15) is 33.5 Å². The maximum Gasteiger partial charge on any atom is 0.191 e. The second-order valence-corrected chi connectivity index (χ2v) is 7.73. The molecule has 2 aromatic rings. The molecule has 5 nitrogen and oxygen atoms in total. The molecule has 0 N–H and O–H groups in total. The molecule has 7 heteroatoms. The van der Waals surface area contributed by atoms with Gasteiger partial charge in [-0.05, 0) is 31.2 Å². The molecule has 0 fully saturated rings. The summed E-state index contributed by atoms with van der Waals surface area (Å²) >= 11 is 7.28. The number of halogens is 1. The smallest absolute Gasteiger partial charge is 0.191 e. The van der Waals surface area contributed by atoms with Gasteiger partial charge in [0.15, 0.2) is 11.0 Å². The monoisotopic (exact) mass is 367 g/mol. The van der Waals surface area contributed by atoms with E-state index in [0.717, 1.165) is 23.3 Å². The summed E-state index contributed by atoms with van der Waals surface area (Å²) in [6, 6.07) is 7.18. The number of carbonyl (C=O) groups is 1. The molecule has 0 aliphatic rings. The molecule has 1 aromatic heterocycles. The first-order chi connectivity index (χ1) is 11.3. The van der Waals surface area contributed by atoms with Crippen LogP contribution in [0, 0.1) is 5.41 Å². The summed E-state index contributed by atoms with van der Waals surface area (Å²) in [6.07, 6.45) is 0. The van der Waals surface area contributed by atoms with Crippen LogP contribution in [0.15, 0.2) is 29.4 Å². The topological polar surface area (TPSA) is 57.0 Å². The summed E-state index contributed by atoms with van der Waals surface area (Å²) in [5.74, 6) is 2.04. The second kappa shape index (κ2) is 8.03. The van der Waals surface area contributed by atoms with Crippen molar-refractivity contribution in [2.24, 2.45) is 5.41 Å². The largest absolute Gasteiger partial charge is 0.486 e. The minimum atomic E-state index is -0.343. The van der Waals surface area contributed by atoms with Gasteiger partial charge in [-0.25, -0.2) is 0 Å². The Balaban J connectivity index is 2.00. The lowest BCUT2D eigenvalue weighted by molar-refractivity contribution is -0.123. The van der Waals surface area contributed by atoms with Gasteiger partial charge in [-0.2, -0.15) is 0 Å². The maximum atomic E-state index is 12.1. The molecule has 0 aliphatic heterocycles. The van der Waals surface area contributed by atoms with E-state index in [4.69, 9.17) is 16.3 Å². The molecular formula is C17H22ClN3O2S. The number of benzene rings is 1. The third kappa shape index (κ3) is 4.98. The Kier molecular flexibility index (Phi) is 6.29. The zero-order valence-corrected chi connectivity index (χ0v) is 15.9. The van der Waals surface area contributed by atoms with Crippen molar-refractivity contribution >= 4 is 29.1 Å². The number of carbonyl (C=O) groups excluding carboxylic acids is 1. The average Bonchev–Trinajstić information content (AvgIpc) is 2.93. The predicted octanol–water partition coefficient (Wildman–Crippen LogP) is 4.24. The normalized spacial score (nSPS) is 11.5. The number of ketones is 1. The molecule has 1 aromatic carbocycles. The molecule has 0 unspecified atom stereocenters. The first-order valence-corrected chi connectivity index (χ1v) is 9.14. The molecule has 2 rings (SSSR count). The lowest BCUT2D eigenvalue weighted by Gasteiger charge is -2.15. The van der Waals surface area contributed by atoms with Gasteiger partial charge in [0.1, 0.15) is 18.1 Å². The zero-order valence-electron chi connectivity index (χ0n) is 14.4. The fourth-order valence-electron chi connectivity index (χ4n) is 1.88.